The zero-order valence-corrected chi connectivity index (χ0v) is 18.9. The molecule has 1 aromatic heterocycles. The third-order valence-electron chi connectivity index (χ3n) is 7.29. The van der Waals surface area contributed by atoms with Crippen molar-refractivity contribution in [1.82, 2.24) is 9.80 Å². The molecule has 0 bridgehead atoms. The van der Waals surface area contributed by atoms with Gasteiger partial charge in [0.1, 0.15) is 11.5 Å². The van der Waals surface area contributed by atoms with E-state index in [1.54, 1.807) is 13.4 Å². The fourth-order valence-electron chi connectivity index (χ4n) is 5.25. The van der Waals surface area contributed by atoms with Gasteiger partial charge in [-0.15, -0.1) is 0 Å². The Labute approximate surface area is 186 Å². The summed E-state index contributed by atoms with van der Waals surface area (Å²) in [7, 11) is 3.86. The molecule has 5 heteroatoms. The SMILES string of the molecule is C=C1C(c2ccco2)CCCC(CN2CCN(C)CC2)C1(O)Cc1ccc(OC)cc1. The summed E-state index contributed by atoms with van der Waals surface area (Å²) < 4.78 is 11.1. The van der Waals surface area contributed by atoms with Gasteiger partial charge in [-0.05, 0) is 55.3 Å². The van der Waals surface area contributed by atoms with Gasteiger partial charge in [-0.3, -0.25) is 0 Å². The summed E-state index contributed by atoms with van der Waals surface area (Å²) in [6.45, 7) is 9.67. The molecule has 3 unspecified atom stereocenters. The first-order valence-electron chi connectivity index (χ1n) is 11.5. The summed E-state index contributed by atoms with van der Waals surface area (Å²) >= 11 is 0. The molecule has 1 N–H and O–H groups in total. The van der Waals surface area contributed by atoms with E-state index in [4.69, 9.17) is 9.15 Å². The lowest BCUT2D eigenvalue weighted by molar-refractivity contribution is -0.00842. The van der Waals surface area contributed by atoms with Crippen LogP contribution in [0.25, 0.3) is 0 Å². The minimum absolute atomic E-state index is 0.0516. The average molecular weight is 425 g/mol. The maximum atomic E-state index is 12.3. The number of hydrogen-bond donors (Lipinski definition) is 1. The minimum atomic E-state index is -0.980. The molecule has 1 saturated heterocycles. The molecule has 1 aliphatic carbocycles. The Morgan fingerprint density at radius 1 is 1.13 bits per heavy atom. The monoisotopic (exact) mass is 424 g/mol. The van der Waals surface area contributed by atoms with Crippen LogP contribution in [0.15, 0.2) is 59.2 Å². The highest BCUT2D eigenvalue weighted by Gasteiger charge is 2.45. The number of hydrogen-bond acceptors (Lipinski definition) is 5. The Hall–Kier alpha value is -2.08. The van der Waals surface area contributed by atoms with Gasteiger partial charge in [-0.1, -0.05) is 25.1 Å². The molecule has 0 amide bonds. The van der Waals surface area contributed by atoms with Crippen molar-refractivity contribution in [1.29, 1.82) is 0 Å². The van der Waals surface area contributed by atoms with Crippen LogP contribution in [0.3, 0.4) is 0 Å². The largest absolute Gasteiger partial charge is 0.497 e. The number of methoxy groups -OCH3 is 1. The van der Waals surface area contributed by atoms with Crippen molar-refractivity contribution in [2.45, 2.75) is 37.2 Å². The molecule has 1 aromatic carbocycles. The van der Waals surface area contributed by atoms with E-state index < -0.39 is 5.60 Å². The third kappa shape index (κ3) is 4.89. The molecular formula is C26H36N2O3. The molecule has 5 nitrogen and oxygen atoms in total. The smallest absolute Gasteiger partial charge is 0.118 e. The molecular weight excluding hydrogens is 388 g/mol. The minimum Gasteiger partial charge on any atom is -0.497 e. The lowest BCUT2D eigenvalue weighted by Crippen LogP contribution is -2.51. The summed E-state index contributed by atoms with van der Waals surface area (Å²) in [5.41, 5.74) is 1.02. The van der Waals surface area contributed by atoms with Gasteiger partial charge in [0.05, 0.1) is 19.0 Å². The van der Waals surface area contributed by atoms with E-state index in [1.807, 2.05) is 24.3 Å². The normalized spacial score (nSPS) is 28.4. The lowest BCUT2D eigenvalue weighted by atomic mass is 9.73. The van der Waals surface area contributed by atoms with Gasteiger partial charge in [0.25, 0.3) is 0 Å². The van der Waals surface area contributed by atoms with E-state index in [0.717, 1.165) is 74.6 Å². The molecule has 0 spiro atoms. The summed E-state index contributed by atoms with van der Waals surface area (Å²) in [6, 6.07) is 12.0. The first-order chi connectivity index (χ1) is 15.0. The number of furan rings is 1. The highest BCUT2D eigenvalue weighted by molar-refractivity contribution is 5.34. The zero-order valence-electron chi connectivity index (χ0n) is 18.9. The van der Waals surface area contributed by atoms with Gasteiger partial charge in [-0.2, -0.15) is 0 Å². The number of benzene rings is 1. The van der Waals surface area contributed by atoms with Crippen LogP contribution >= 0.6 is 0 Å². The van der Waals surface area contributed by atoms with Crippen LogP contribution in [0, 0.1) is 5.92 Å². The maximum absolute atomic E-state index is 12.3. The topological polar surface area (TPSA) is 49.1 Å². The fraction of sp³-hybridized carbons (Fsp3) is 0.538. The molecule has 1 aliphatic heterocycles. The molecule has 168 valence electrons. The van der Waals surface area contributed by atoms with Gasteiger partial charge in [0, 0.05) is 51.0 Å². The Morgan fingerprint density at radius 2 is 1.87 bits per heavy atom. The Bertz CT molecular complexity index is 840. The number of piperazine rings is 1. The highest BCUT2D eigenvalue weighted by Crippen LogP contribution is 2.45. The molecule has 1 saturated carbocycles. The van der Waals surface area contributed by atoms with Gasteiger partial charge < -0.3 is 24.1 Å². The second-order valence-corrected chi connectivity index (χ2v) is 9.27. The van der Waals surface area contributed by atoms with Crippen LogP contribution in [0.4, 0.5) is 0 Å². The van der Waals surface area contributed by atoms with E-state index in [2.05, 4.69) is 35.6 Å². The van der Waals surface area contributed by atoms with E-state index in [9.17, 15) is 5.11 Å². The highest BCUT2D eigenvalue weighted by atomic mass is 16.5. The third-order valence-corrected chi connectivity index (χ3v) is 7.29. The van der Waals surface area contributed by atoms with Crippen molar-refractivity contribution >= 4 is 0 Å². The number of aliphatic hydroxyl groups is 1. The lowest BCUT2D eigenvalue weighted by Gasteiger charge is -2.42. The molecule has 2 aromatic rings. The number of ether oxygens (including phenoxy) is 1. The van der Waals surface area contributed by atoms with Crippen molar-refractivity contribution in [3.63, 3.8) is 0 Å². The standard InChI is InChI=1S/C26H36N2O3/c1-20-24(25-8-5-17-31-25)7-4-6-22(19-28-15-13-27(2)14-16-28)26(20,29)18-21-9-11-23(30-3)12-10-21/h5,8-12,17,22,24,29H,1,4,6-7,13-16,18-19H2,2-3H3. The number of likely N-dealkylation sites (N-methyl/N-ethyl adjacent to an activating group) is 1. The molecule has 2 heterocycles. The van der Waals surface area contributed by atoms with Crippen LogP contribution in [0.1, 0.15) is 36.5 Å². The van der Waals surface area contributed by atoms with Crippen molar-refractivity contribution in [2.75, 3.05) is 46.9 Å². The molecule has 31 heavy (non-hydrogen) atoms. The van der Waals surface area contributed by atoms with Crippen molar-refractivity contribution in [2.24, 2.45) is 5.92 Å². The predicted molar refractivity (Wildman–Crippen MR) is 124 cm³/mol. The molecule has 2 aliphatic rings. The van der Waals surface area contributed by atoms with Crippen molar-refractivity contribution in [3.05, 3.63) is 66.1 Å². The predicted octanol–water partition coefficient (Wildman–Crippen LogP) is 3.95. The Morgan fingerprint density at radius 3 is 2.52 bits per heavy atom. The maximum Gasteiger partial charge on any atom is 0.118 e. The molecule has 4 rings (SSSR count). The second kappa shape index (κ2) is 9.60. The van der Waals surface area contributed by atoms with Crippen molar-refractivity contribution < 1.29 is 14.3 Å². The molecule has 0 radical (unpaired) electrons. The second-order valence-electron chi connectivity index (χ2n) is 9.27. The van der Waals surface area contributed by atoms with Gasteiger partial charge in [0.15, 0.2) is 0 Å². The first-order valence-corrected chi connectivity index (χ1v) is 11.5. The van der Waals surface area contributed by atoms with Crippen molar-refractivity contribution in [3.8, 4) is 5.75 Å². The summed E-state index contributed by atoms with van der Waals surface area (Å²) in [4.78, 5) is 4.89. The van der Waals surface area contributed by atoms with E-state index in [1.165, 1.54) is 0 Å². The van der Waals surface area contributed by atoms with E-state index >= 15 is 0 Å². The number of rotatable bonds is 6. The van der Waals surface area contributed by atoms with E-state index in [-0.39, 0.29) is 11.8 Å². The summed E-state index contributed by atoms with van der Waals surface area (Å²) in [5, 5.41) is 12.3. The van der Waals surface area contributed by atoms with Gasteiger partial charge >= 0.3 is 0 Å². The van der Waals surface area contributed by atoms with Gasteiger partial charge in [-0.25, -0.2) is 0 Å². The fourth-order valence-corrected chi connectivity index (χ4v) is 5.25. The molecule has 2 fully saturated rings. The first kappa shape index (κ1) is 22.1. The Kier molecular flexibility index (Phi) is 6.85. The van der Waals surface area contributed by atoms with Crippen LogP contribution < -0.4 is 4.74 Å². The summed E-state index contributed by atoms with van der Waals surface area (Å²) in [6.07, 6.45) is 5.31. The quantitative estimate of drug-likeness (QED) is 0.562. The van der Waals surface area contributed by atoms with Crippen LogP contribution in [-0.4, -0.2) is 67.4 Å². The average Bonchev–Trinajstić information content (AvgIpc) is 3.28. The number of nitrogens with zero attached hydrogens (tertiary/aromatic N) is 2. The molecule has 3 atom stereocenters. The van der Waals surface area contributed by atoms with Gasteiger partial charge in [0.2, 0.25) is 0 Å². The van der Waals surface area contributed by atoms with Crippen LogP contribution in [0.2, 0.25) is 0 Å². The van der Waals surface area contributed by atoms with Crippen LogP contribution in [-0.2, 0) is 6.42 Å². The van der Waals surface area contributed by atoms with Crippen LogP contribution in [0.5, 0.6) is 5.75 Å². The summed E-state index contributed by atoms with van der Waals surface area (Å²) in [5.74, 6) is 1.94. The Balaban J connectivity index is 1.62. The van der Waals surface area contributed by atoms with E-state index in [0.29, 0.717) is 6.42 Å². The zero-order chi connectivity index (χ0) is 21.8.